The quantitative estimate of drug-likeness (QED) is 0.790. The van der Waals surface area contributed by atoms with Crippen LogP contribution in [0, 0.1) is 11.7 Å². The first-order chi connectivity index (χ1) is 13.7. The molecule has 2 aromatic carbocycles. The van der Waals surface area contributed by atoms with Gasteiger partial charge >= 0.3 is 0 Å². The van der Waals surface area contributed by atoms with Gasteiger partial charge in [-0.05, 0) is 73.7 Å². The number of methoxy groups -OCH3 is 1. The Morgan fingerprint density at radius 1 is 1.21 bits per heavy atom. The molecular formula is C23H27FN2O2. The van der Waals surface area contributed by atoms with Crippen molar-refractivity contribution in [1.29, 1.82) is 0 Å². The number of carbonyl (C=O) groups is 1. The minimum atomic E-state index is -0.239. The van der Waals surface area contributed by atoms with Crippen LogP contribution in [0.25, 0.3) is 0 Å². The van der Waals surface area contributed by atoms with Crippen LogP contribution in [0.1, 0.15) is 42.3 Å². The molecule has 2 fully saturated rings. The molecule has 28 heavy (non-hydrogen) atoms. The molecule has 2 aliphatic rings. The van der Waals surface area contributed by atoms with Gasteiger partial charge in [0.05, 0.1) is 13.2 Å². The van der Waals surface area contributed by atoms with E-state index in [2.05, 4.69) is 22.3 Å². The molecular weight excluding hydrogens is 355 g/mol. The van der Waals surface area contributed by atoms with E-state index in [0.717, 1.165) is 30.8 Å². The van der Waals surface area contributed by atoms with E-state index in [-0.39, 0.29) is 29.6 Å². The average molecular weight is 382 g/mol. The normalized spacial score (nSPS) is 22.6. The molecule has 0 spiro atoms. The fourth-order valence-electron chi connectivity index (χ4n) is 4.25. The molecule has 2 aromatic rings. The molecule has 1 N–H and O–H groups in total. The summed E-state index contributed by atoms with van der Waals surface area (Å²) in [7, 11) is 1.68. The fourth-order valence-corrected chi connectivity index (χ4v) is 4.25. The van der Waals surface area contributed by atoms with Crippen LogP contribution in [0.15, 0.2) is 48.5 Å². The van der Waals surface area contributed by atoms with Gasteiger partial charge in [-0.25, -0.2) is 4.39 Å². The first kappa shape index (κ1) is 18.9. The third-order valence-electron chi connectivity index (χ3n) is 5.96. The van der Waals surface area contributed by atoms with E-state index in [1.807, 2.05) is 12.1 Å². The van der Waals surface area contributed by atoms with E-state index >= 15 is 0 Å². The Labute approximate surface area is 165 Å². The van der Waals surface area contributed by atoms with Crippen molar-refractivity contribution >= 4 is 5.91 Å². The number of rotatable bonds is 7. The van der Waals surface area contributed by atoms with Crippen molar-refractivity contribution in [3.63, 3.8) is 0 Å². The van der Waals surface area contributed by atoms with Crippen LogP contribution >= 0.6 is 0 Å². The standard InChI is InChI=1S/C23H27FN2O2/c1-28-19-6-4-5-17(13-19)22(26-11-2-3-12-26)15-25-23(27)21-14-20(21)16-7-9-18(24)10-8-16/h4-10,13,20-22H,2-3,11-12,14-15H2,1H3,(H,25,27)/t20-,21+,22-/m0/s1. The first-order valence-electron chi connectivity index (χ1n) is 10.1. The van der Waals surface area contributed by atoms with Gasteiger partial charge in [0.25, 0.3) is 0 Å². The molecule has 0 aromatic heterocycles. The molecule has 1 aliphatic carbocycles. The number of nitrogens with zero attached hydrogens (tertiary/aromatic N) is 1. The maximum absolute atomic E-state index is 13.1. The zero-order valence-corrected chi connectivity index (χ0v) is 16.2. The van der Waals surface area contributed by atoms with Crippen LogP contribution in [-0.2, 0) is 4.79 Å². The Balaban J connectivity index is 1.40. The zero-order chi connectivity index (χ0) is 19.5. The van der Waals surface area contributed by atoms with Crippen molar-refractivity contribution in [3.8, 4) is 5.75 Å². The summed E-state index contributed by atoms with van der Waals surface area (Å²) in [5.74, 6) is 0.905. The lowest BCUT2D eigenvalue weighted by Gasteiger charge is -2.28. The molecule has 4 rings (SSSR count). The van der Waals surface area contributed by atoms with Crippen molar-refractivity contribution in [2.45, 2.75) is 31.2 Å². The van der Waals surface area contributed by atoms with Gasteiger partial charge < -0.3 is 10.1 Å². The Kier molecular flexibility index (Phi) is 5.62. The number of hydrogen-bond donors (Lipinski definition) is 1. The second-order valence-electron chi connectivity index (χ2n) is 7.78. The molecule has 0 radical (unpaired) electrons. The summed E-state index contributed by atoms with van der Waals surface area (Å²) in [6, 6.07) is 14.8. The molecule has 3 atom stereocenters. The van der Waals surface area contributed by atoms with Gasteiger partial charge in [0, 0.05) is 12.5 Å². The van der Waals surface area contributed by atoms with Crippen LogP contribution in [0.4, 0.5) is 4.39 Å². The van der Waals surface area contributed by atoms with Crippen LogP contribution < -0.4 is 10.1 Å². The number of nitrogens with one attached hydrogen (secondary N) is 1. The van der Waals surface area contributed by atoms with Crippen LogP contribution in [0.2, 0.25) is 0 Å². The van der Waals surface area contributed by atoms with Crippen molar-refractivity contribution in [2.24, 2.45) is 5.92 Å². The predicted octanol–water partition coefficient (Wildman–Crippen LogP) is 3.89. The van der Waals surface area contributed by atoms with Gasteiger partial charge in [-0.3, -0.25) is 9.69 Å². The molecule has 1 saturated heterocycles. The van der Waals surface area contributed by atoms with Crippen molar-refractivity contribution in [1.82, 2.24) is 10.2 Å². The molecule has 1 heterocycles. The van der Waals surface area contributed by atoms with Crippen molar-refractivity contribution < 1.29 is 13.9 Å². The Bertz CT molecular complexity index is 818. The molecule has 1 aliphatic heterocycles. The number of benzene rings is 2. The third kappa shape index (κ3) is 4.20. The van der Waals surface area contributed by atoms with Crippen molar-refractivity contribution in [2.75, 3.05) is 26.7 Å². The SMILES string of the molecule is COc1cccc([C@H](CNC(=O)[C@@H]2C[C@H]2c2ccc(F)cc2)N2CCCC2)c1. The van der Waals surface area contributed by atoms with E-state index < -0.39 is 0 Å². The highest BCUT2D eigenvalue weighted by Crippen LogP contribution is 2.47. The number of halogens is 1. The smallest absolute Gasteiger partial charge is 0.223 e. The Morgan fingerprint density at radius 3 is 2.68 bits per heavy atom. The number of ether oxygens (including phenoxy) is 1. The minimum Gasteiger partial charge on any atom is -0.497 e. The second-order valence-corrected chi connectivity index (χ2v) is 7.78. The molecule has 4 nitrogen and oxygen atoms in total. The van der Waals surface area contributed by atoms with Crippen LogP contribution in [0.5, 0.6) is 5.75 Å². The van der Waals surface area contributed by atoms with E-state index in [1.165, 1.54) is 30.5 Å². The van der Waals surface area contributed by atoms with Gasteiger partial charge in [-0.2, -0.15) is 0 Å². The maximum Gasteiger partial charge on any atom is 0.223 e. The van der Waals surface area contributed by atoms with Gasteiger partial charge in [0.1, 0.15) is 11.6 Å². The lowest BCUT2D eigenvalue weighted by atomic mass is 10.0. The number of likely N-dealkylation sites (tertiary alicyclic amines) is 1. The lowest BCUT2D eigenvalue weighted by molar-refractivity contribution is -0.122. The Hall–Kier alpha value is -2.40. The first-order valence-corrected chi connectivity index (χ1v) is 10.1. The van der Waals surface area contributed by atoms with Crippen LogP contribution in [-0.4, -0.2) is 37.6 Å². The van der Waals surface area contributed by atoms with E-state index in [0.29, 0.717) is 6.54 Å². The van der Waals surface area contributed by atoms with Gasteiger partial charge in [-0.15, -0.1) is 0 Å². The van der Waals surface area contributed by atoms with E-state index in [9.17, 15) is 9.18 Å². The number of hydrogen-bond acceptors (Lipinski definition) is 3. The van der Waals surface area contributed by atoms with E-state index in [1.54, 1.807) is 19.2 Å². The topological polar surface area (TPSA) is 41.6 Å². The van der Waals surface area contributed by atoms with Gasteiger partial charge in [0.2, 0.25) is 5.91 Å². The predicted molar refractivity (Wildman–Crippen MR) is 107 cm³/mol. The highest BCUT2D eigenvalue weighted by molar-refractivity contribution is 5.82. The molecule has 1 saturated carbocycles. The third-order valence-corrected chi connectivity index (χ3v) is 5.96. The number of carbonyl (C=O) groups excluding carboxylic acids is 1. The molecule has 1 amide bonds. The second kappa shape index (κ2) is 8.31. The van der Waals surface area contributed by atoms with Gasteiger partial charge in [-0.1, -0.05) is 24.3 Å². The zero-order valence-electron chi connectivity index (χ0n) is 16.2. The molecule has 0 bridgehead atoms. The van der Waals surface area contributed by atoms with Crippen LogP contribution in [0.3, 0.4) is 0 Å². The van der Waals surface area contributed by atoms with E-state index in [4.69, 9.17) is 4.74 Å². The minimum absolute atomic E-state index is 0.00463. The summed E-state index contributed by atoms with van der Waals surface area (Å²) in [5.41, 5.74) is 2.22. The summed E-state index contributed by atoms with van der Waals surface area (Å²) in [5, 5.41) is 3.17. The van der Waals surface area contributed by atoms with Gasteiger partial charge in [0.15, 0.2) is 0 Å². The maximum atomic E-state index is 13.1. The Morgan fingerprint density at radius 2 is 1.96 bits per heavy atom. The molecule has 5 heteroatoms. The average Bonchev–Trinajstić information content (AvgIpc) is 3.35. The fraction of sp³-hybridized carbons (Fsp3) is 0.435. The summed E-state index contributed by atoms with van der Waals surface area (Å²) in [6.45, 7) is 2.71. The summed E-state index contributed by atoms with van der Waals surface area (Å²) >= 11 is 0. The van der Waals surface area contributed by atoms with Crippen molar-refractivity contribution in [3.05, 3.63) is 65.5 Å². The summed E-state index contributed by atoms with van der Waals surface area (Å²) in [6.07, 6.45) is 3.23. The molecule has 148 valence electrons. The number of amides is 1. The monoisotopic (exact) mass is 382 g/mol. The lowest BCUT2D eigenvalue weighted by Crippen LogP contribution is -2.37. The largest absolute Gasteiger partial charge is 0.497 e. The highest BCUT2D eigenvalue weighted by Gasteiger charge is 2.44. The summed E-state index contributed by atoms with van der Waals surface area (Å²) < 4.78 is 18.5. The highest BCUT2D eigenvalue weighted by atomic mass is 19.1. The summed E-state index contributed by atoms with van der Waals surface area (Å²) in [4.78, 5) is 15.1. The molecule has 0 unspecified atom stereocenters.